The lowest BCUT2D eigenvalue weighted by Crippen LogP contribution is -2.42. The number of hydrogen-bond donors (Lipinski definition) is 1. The molecule has 1 aromatic carbocycles. The smallest absolute Gasteiger partial charge is 0.264 e. The number of nitrogens with one attached hydrogen (secondary N) is 1. The molecule has 3 heterocycles. The largest absolute Gasteiger partial charge is 0.378 e. The van der Waals surface area contributed by atoms with Crippen molar-refractivity contribution < 1.29 is 17.9 Å². The zero-order valence-electron chi connectivity index (χ0n) is 19.4. The fourth-order valence-corrected chi connectivity index (χ4v) is 6.41. The Kier molecular flexibility index (Phi) is 5.49. The second-order valence-corrected chi connectivity index (χ2v) is 11.4. The van der Waals surface area contributed by atoms with Gasteiger partial charge in [0.2, 0.25) is 5.91 Å². The van der Waals surface area contributed by atoms with E-state index in [2.05, 4.69) is 20.7 Å². The summed E-state index contributed by atoms with van der Waals surface area (Å²) in [6, 6.07) is 10.4. The lowest BCUT2D eigenvalue weighted by atomic mass is 9.79. The summed E-state index contributed by atoms with van der Waals surface area (Å²) < 4.78 is 34.7. The standard InChI is InChI=1S/C26H28N4O4S/c31-25(29-35(32,33)23-8-2-7-22-20(23)6-3-11-27-22)26(9-10-26)21-16-19(18-4-1-5-18)17-28-24(21)30-12-14-34-15-13-30/h2-3,6-8,11,16-18H,1,4-5,9-10,12-15H2,(H,29,31). The van der Waals surface area contributed by atoms with Gasteiger partial charge in [-0.05, 0) is 67.5 Å². The quantitative estimate of drug-likeness (QED) is 0.564. The van der Waals surface area contributed by atoms with E-state index in [-0.39, 0.29) is 4.90 Å². The van der Waals surface area contributed by atoms with Gasteiger partial charge in [0.15, 0.2) is 0 Å². The number of hydrogen-bond acceptors (Lipinski definition) is 7. The minimum atomic E-state index is -4.09. The lowest BCUT2D eigenvalue weighted by Gasteiger charge is -2.33. The molecule has 1 amide bonds. The number of pyridine rings is 2. The number of rotatable bonds is 6. The average molecular weight is 493 g/mol. The third-order valence-corrected chi connectivity index (χ3v) is 8.99. The van der Waals surface area contributed by atoms with E-state index < -0.39 is 21.3 Å². The summed E-state index contributed by atoms with van der Waals surface area (Å²) in [5.41, 5.74) is 1.66. The van der Waals surface area contributed by atoms with Crippen LogP contribution in [0.1, 0.15) is 49.1 Å². The van der Waals surface area contributed by atoms with E-state index in [1.807, 2.05) is 6.20 Å². The highest BCUT2D eigenvalue weighted by Crippen LogP contribution is 2.52. The first-order chi connectivity index (χ1) is 17.0. The van der Waals surface area contributed by atoms with Crippen LogP contribution in [0.5, 0.6) is 0 Å². The molecule has 0 bridgehead atoms. The molecule has 6 rings (SSSR count). The Labute approximate surface area is 204 Å². The van der Waals surface area contributed by atoms with Gasteiger partial charge in [0.25, 0.3) is 10.0 Å². The van der Waals surface area contributed by atoms with Crippen molar-refractivity contribution in [3.05, 3.63) is 59.9 Å². The highest BCUT2D eigenvalue weighted by atomic mass is 32.2. The third-order valence-electron chi connectivity index (χ3n) is 7.60. The molecule has 2 aliphatic carbocycles. The summed E-state index contributed by atoms with van der Waals surface area (Å²) in [5, 5.41) is 0.489. The van der Waals surface area contributed by atoms with E-state index in [0.717, 1.165) is 29.8 Å². The Morgan fingerprint density at radius 3 is 2.60 bits per heavy atom. The van der Waals surface area contributed by atoms with Gasteiger partial charge in [-0.1, -0.05) is 12.5 Å². The molecule has 2 saturated carbocycles. The predicted octanol–water partition coefficient (Wildman–Crippen LogP) is 3.27. The number of carbonyl (C=O) groups is 1. The maximum atomic E-state index is 13.7. The van der Waals surface area contributed by atoms with Crippen LogP contribution >= 0.6 is 0 Å². The molecule has 1 aliphatic heterocycles. The molecule has 0 atom stereocenters. The molecule has 35 heavy (non-hydrogen) atoms. The zero-order valence-corrected chi connectivity index (χ0v) is 20.3. The molecule has 3 fully saturated rings. The Morgan fingerprint density at radius 2 is 1.89 bits per heavy atom. The van der Waals surface area contributed by atoms with Gasteiger partial charge in [-0.2, -0.15) is 0 Å². The predicted molar refractivity (Wildman–Crippen MR) is 132 cm³/mol. The fourth-order valence-electron chi connectivity index (χ4n) is 5.15. The molecule has 0 unspecified atom stereocenters. The van der Waals surface area contributed by atoms with Gasteiger partial charge in [-0.3, -0.25) is 9.78 Å². The van der Waals surface area contributed by atoms with E-state index in [9.17, 15) is 13.2 Å². The van der Waals surface area contributed by atoms with Crippen molar-refractivity contribution in [1.82, 2.24) is 14.7 Å². The molecular weight excluding hydrogens is 464 g/mol. The van der Waals surface area contributed by atoms with Crippen LogP contribution in [-0.4, -0.2) is 50.6 Å². The van der Waals surface area contributed by atoms with Crippen molar-refractivity contribution in [2.45, 2.75) is 48.3 Å². The summed E-state index contributed by atoms with van der Waals surface area (Å²) in [7, 11) is -4.09. The molecule has 0 spiro atoms. The van der Waals surface area contributed by atoms with Crippen molar-refractivity contribution in [3.63, 3.8) is 0 Å². The molecule has 1 saturated heterocycles. The molecule has 3 aromatic rings. The SMILES string of the molecule is O=C(NS(=O)(=O)c1cccc2ncccc12)C1(c2cc(C3CCC3)cnc2N2CCOCC2)CC1. The maximum absolute atomic E-state index is 13.7. The second kappa shape index (κ2) is 8.57. The molecule has 3 aliphatic rings. The molecule has 8 nitrogen and oxygen atoms in total. The molecule has 9 heteroatoms. The van der Waals surface area contributed by atoms with E-state index in [1.54, 1.807) is 30.5 Å². The highest BCUT2D eigenvalue weighted by Gasteiger charge is 2.54. The average Bonchev–Trinajstić information content (AvgIpc) is 3.65. The van der Waals surface area contributed by atoms with Crippen molar-refractivity contribution in [2.24, 2.45) is 0 Å². The topological polar surface area (TPSA) is 101 Å². The molecule has 1 N–H and O–H groups in total. The summed E-state index contributed by atoms with van der Waals surface area (Å²) in [5.74, 6) is 0.752. The van der Waals surface area contributed by atoms with Crippen molar-refractivity contribution in [1.29, 1.82) is 0 Å². The minimum Gasteiger partial charge on any atom is -0.378 e. The van der Waals surface area contributed by atoms with Crippen LogP contribution in [-0.2, 0) is 25.0 Å². The van der Waals surface area contributed by atoms with Crippen LogP contribution in [0, 0.1) is 0 Å². The van der Waals surface area contributed by atoms with Crippen LogP contribution in [0.25, 0.3) is 10.9 Å². The second-order valence-electron chi connectivity index (χ2n) is 9.71. The molecule has 2 aromatic heterocycles. The van der Waals surface area contributed by atoms with E-state index in [4.69, 9.17) is 9.72 Å². The van der Waals surface area contributed by atoms with Crippen molar-refractivity contribution in [3.8, 4) is 0 Å². The number of carbonyl (C=O) groups excluding carboxylic acids is 1. The van der Waals surface area contributed by atoms with Gasteiger partial charge >= 0.3 is 0 Å². The van der Waals surface area contributed by atoms with Crippen LogP contribution in [0.15, 0.2) is 53.7 Å². The summed E-state index contributed by atoms with van der Waals surface area (Å²) in [6.07, 6.45) is 8.20. The Morgan fingerprint density at radius 1 is 1.09 bits per heavy atom. The first kappa shape index (κ1) is 22.4. The fraction of sp³-hybridized carbons (Fsp3) is 0.423. The molecule has 182 valence electrons. The van der Waals surface area contributed by atoms with Gasteiger partial charge in [-0.25, -0.2) is 18.1 Å². The maximum Gasteiger partial charge on any atom is 0.264 e. The Hall–Kier alpha value is -3.04. The first-order valence-electron chi connectivity index (χ1n) is 12.2. The number of morpholine rings is 1. The monoisotopic (exact) mass is 492 g/mol. The number of fused-ring (bicyclic) bond motifs is 1. The van der Waals surface area contributed by atoms with Gasteiger partial charge < -0.3 is 9.64 Å². The Balaban J connectivity index is 1.36. The first-order valence-corrected chi connectivity index (χ1v) is 13.7. The molecular formula is C26H28N4O4S. The van der Waals surface area contributed by atoms with Crippen LogP contribution in [0.2, 0.25) is 0 Å². The summed E-state index contributed by atoms with van der Waals surface area (Å²) in [6.45, 7) is 2.60. The number of benzene rings is 1. The van der Waals surface area contributed by atoms with Crippen molar-refractivity contribution in [2.75, 3.05) is 31.2 Å². The van der Waals surface area contributed by atoms with Gasteiger partial charge in [0.05, 0.1) is 29.0 Å². The van der Waals surface area contributed by atoms with Crippen LogP contribution < -0.4 is 9.62 Å². The number of amides is 1. The number of ether oxygens (including phenoxy) is 1. The summed E-state index contributed by atoms with van der Waals surface area (Å²) >= 11 is 0. The molecule has 0 radical (unpaired) electrons. The van der Waals surface area contributed by atoms with Crippen molar-refractivity contribution >= 4 is 32.7 Å². The lowest BCUT2D eigenvalue weighted by molar-refractivity contribution is -0.121. The number of sulfonamides is 1. The van der Waals surface area contributed by atoms with Gasteiger partial charge in [0, 0.05) is 36.4 Å². The number of aromatic nitrogens is 2. The van der Waals surface area contributed by atoms with Crippen LogP contribution in [0.4, 0.5) is 5.82 Å². The Bertz CT molecular complexity index is 1390. The summed E-state index contributed by atoms with van der Waals surface area (Å²) in [4.78, 5) is 25.0. The highest BCUT2D eigenvalue weighted by molar-refractivity contribution is 7.90. The number of nitrogens with zero attached hydrogens (tertiary/aromatic N) is 3. The number of anilines is 1. The van der Waals surface area contributed by atoms with Gasteiger partial charge in [0.1, 0.15) is 5.82 Å². The zero-order chi connectivity index (χ0) is 24.0. The van der Waals surface area contributed by atoms with E-state index in [0.29, 0.717) is 56.0 Å². The van der Waals surface area contributed by atoms with Crippen LogP contribution in [0.3, 0.4) is 0 Å². The minimum absolute atomic E-state index is 0.0574. The van der Waals surface area contributed by atoms with Gasteiger partial charge in [-0.15, -0.1) is 0 Å². The third kappa shape index (κ3) is 3.96. The van der Waals surface area contributed by atoms with E-state index in [1.165, 1.54) is 12.5 Å². The normalized spacial score (nSPS) is 19.8. The van der Waals surface area contributed by atoms with E-state index >= 15 is 0 Å².